The zero-order valence-electron chi connectivity index (χ0n) is 8.44. The van der Waals surface area contributed by atoms with Gasteiger partial charge in [-0.15, -0.1) is 0 Å². The van der Waals surface area contributed by atoms with Crippen LogP contribution in [0.3, 0.4) is 0 Å². The van der Waals surface area contributed by atoms with Gasteiger partial charge in [-0.25, -0.2) is 0 Å². The summed E-state index contributed by atoms with van der Waals surface area (Å²) in [4.78, 5) is 25.0. The highest BCUT2D eigenvalue weighted by molar-refractivity contribution is 5.92. The van der Waals surface area contributed by atoms with Crippen molar-refractivity contribution >= 4 is 5.91 Å². The van der Waals surface area contributed by atoms with E-state index < -0.39 is 11.5 Å². The SMILES string of the molecule is NC(=O)c1ccc(-c2ccccc2)[nH]c1=O. The summed E-state index contributed by atoms with van der Waals surface area (Å²) >= 11 is 0. The topological polar surface area (TPSA) is 76.0 Å². The predicted octanol–water partition coefficient (Wildman–Crippen LogP) is 1.14. The number of rotatable bonds is 2. The number of hydrogen-bond acceptors (Lipinski definition) is 2. The fraction of sp³-hybridized carbons (Fsp3) is 0. The summed E-state index contributed by atoms with van der Waals surface area (Å²) in [6.07, 6.45) is 0. The van der Waals surface area contributed by atoms with Crippen LogP contribution in [0, 0.1) is 0 Å². The van der Waals surface area contributed by atoms with Crippen LogP contribution >= 0.6 is 0 Å². The third-order valence-electron chi connectivity index (χ3n) is 2.26. The van der Waals surface area contributed by atoms with E-state index in [-0.39, 0.29) is 5.56 Å². The second-order valence-electron chi connectivity index (χ2n) is 3.35. The monoisotopic (exact) mass is 214 g/mol. The number of aromatic nitrogens is 1. The minimum absolute atomic E-state index is 0.0281. The molecule has 4 nitrogen and oxygen atoms in total. The maximum atomic E-state index is 11.5. The van der Waals surface area contributed by atoms with Crippen molar-refractivity contribution in [3.8, 4) is 11.3 Å². The van der Waals surface area contributed by atoms with Crippen molar-refractivity contribution in [2.24, 2.45) is 5.73 Å². The molecule has 0 saturated heterocycles. The first-order valence-corrected chi connectivity index (χ1v) is 4.77. The van der Waals surface area contributed by atoms with Crippen molar-refractivity contribution in [2.45, 2.75) is 0 Å². The lowest BCUT2D eigenvalue weighted by Crippen LogP contribution is -2.23. The van der Waals surface area contributed by atoms with E-state index in [0.717, 1.165) is 5.56 Å². The molecule has 3 N–H and O–H groups in total. The molecular weight excluding hydrogens is 204 g/mol. The van der Waals surface area contributed by atoms with Crippen LogP contribution in [-0.2, 0) is 0 Å². The van der Waals surface area contributed by atoms with Crippen LogP contribution in [-0.4, -0.2) is 10.9 Å². The first-order valence-electron chi connectivity index (χ1n) is 4.77. The second kappa shape index (κ2) is 4.02. The molecule has 1 aromatic carbocycles. The summed E-state index contributed by atoms with van der Waals surface area (Å²) in [5.41, 5.74) is 6.10. The maximum Gasteiger partial charge on any atom is 0.261 e. The number of benzene rings is 1. The first kappa shape index (κ1) is 10.2. The molecular formula is C12H10N2O2. The largest absolute Gasteiger partial charge is 0.365 e. The number of pyridine rings is 1. The fourth-order valence-corrected chi connectivity index (χ4v) is 1.45. The number of carbonyl (C=O) groups is 1. The summed E-state index contributed by atoms with van der Waals surface area (Å²) in [6, 6.07) is 12.5. The zero-order chi connectivity index (χ0) is 11.5. The minimum Gasteiger partial charge on any atom is -0.365 e. The molecule has 1 heterocycles. The Labute approximate surface area is 91.7 Å². The molecule has 0 bridgehead atoms. The van der Waals surface area contributed by atoms with Gasteiger partial charge in [0.15, 0.2) is 0 Å². The van der Waals surface area contributed by atoms with Crippen LogP contribution in [0.5, 0.6) is 0 Å². The molecule has 0 unspecified atom stereocenters. The van der Waals surface area contributed by atoms with Crippen LogP contribution in [0.25, 0.3) is 11.3 Å². The van der Waals surface area contributed by atoms with Crippen molar-refractivity contribution in [3.63, 3.8) is 0 Å². The normalized spacial score (nSPS) is 10.0. The zero-order valence-corrected chi connectivity index (χ0v) is 8.44. The summed E-state index contributed by atoms with van der Waals surface area (Å²) < 4.78 is 0. The molecule has 2 rings (SSSR count). The Morgan fingerprint density at radius 1 is 1.06 bits per heavy atom. The van der Waals surface area contributed by atoms with Crippen molar-refractivity contribution in [3.05, 3.63) is 58.4 Å². The van der Waals surface area contributed by atoms with Gasteiger partial charge in [-0.1, -0.05) is 30.3 Å². The third-order valence-corrected chi connectivity index (χ3v) is 2.26. The van der Waals surface area contributed by atoms with Gasteiger partial charge in [-0.05, 0) is 17.7 Å². The third kappa shape index (κ3) is 1.86. The van der Waals surface area contributed by atoms with Gasteiger partial charge in [0.05, 0.1) is 0 Å². The van der Waals surface area contributed by atoms with Gasteiger partial charge in [0, 0.05) is 5.69 Å². The Kier molecular flexibility index (Phi) is 2.55. The highest BCUT2D eigenvalue weighted by Crippen LogP contribution is 2.14. The van der Waals surface area contributed by atoms with Gasteiger partial charge in [0.25, 0.3) is 11.5 Å². The van der Waals surface area contributed by atoms with Crippen molar-refractivity contribution < 1.29 is 4.79 Å². The molecule has 16 heavy (non-hydrogen) atoms. The van der Waals surface area contributed by atoms with Crippen molar-refractivity contribution in [1.82, 2.24) is 4.98 Å². The van der Waals surface area contributed by atoms with Crippen LogP contribution in [0.4, 0.5) is 0 Å². The Balaban J connectivity index is 2.51. The highest BCUT2D eigenvalue weighted by atomic mass is 16.2. The molecule has 4 heteroatoms. The summed E-state index contributed by atoms with van der Waals surface area (Å²) in [5.74, 6) is -0.721. The van der Waals surface area contributed by atoms with Gasteiger partial charge in [-0.2, -0.15) is 0 Å². The van der Waals surface area contributed by atoms with Gasteiger partial charge in [0.2, 0.25) is 0 Å². The fourth-order valence-electron chi connectivity index (χ4n) is 1.45. The maximum absolute atomic E-state index is 11.5. The van der Waals surface area contributed by atoms with E-state index in [1.165, 1.54) is 6.07 Å². The smallest absolute Gasteiger partial charge is 0.261 e. The number of hydrogen-bond donors (Lipinski definition) is 2. The molecule has 0 atom stereocenters. The lowest BCUT2D eigenvalue weighted by atomic mass is 10.1. The average molecular weight is 214 g/mol. The van der Waals surface area contributed by atoms with E-state index in [2.05, 4.69) is 4.98 Å². The van der Waals surface area contributed by atoms with E-state index in [1.54, 1.807) is 6.07 Å². The standard InChI is InChI=1S/C12H10N2O2/c13-11(15)9-6-7-10(14-12(9)16)8-4-2-1-3-5-8/h1-7H,(H2,13,15)(H,14,16). The van der Waals surface area contributed by atoms with Crippen LogP contribution < -0.4 is 11.3 Å². The van der Waals surface area contributed by atoms with Crippen molar-refractivity contribution in [1.29, 1.82) is 0 Å². The minimum atomic E-state index is -0.721. The molecule has 0 spiro atoms. The van der Waals surface area contributed by atoms with Crippen LogP contribution in [0.15, 0.2) is 47.3 Å². The second-order valence-corrected chi connectivity index (χ2v) is 3.35. The first-order chi connectivity index (χ1) is 7.68. The van der Waals surface area contributed by atoms with E-state index >= 15 is 0 Å². The molecule has 0 saturated carbocycles. The Morgan fingerprint density at radius 3 is 2.31 bits per heavy atom. The molecule has 0 fully saturated rings. The van der Waals surface area contributed by atoms with Gasteiger partial charge >= 0.3 is 0 Å². The molecule has 0 aliphatic heterocycles. The quantitative estimate of drug-likeness (QED) is 0.786. The molecule has 80 valence electrons. The Morgan fingerprint density at radius 2 is 1.75 bits per heavy atom. The Hall–Kier alpha value is -2.36. The number of amides is 1. The number of primary amides is 1. The molecule has 2 aromatic rings. The van der Waals surface area contributed by atoms with Crippen molar-refractivity contribution in [2.75, 3.05) is 0 Å². The highest BCUT2D eigenvalue weighted by Gasteiger charge is 2.06. The average Bonchev–Trinajstić information content (AvgIpc) is 2.29. The number of H-pyrrole nitrogens is 1. The van der Waals surface area contributed by atoms with E-state index in [9.17, 15) is 9.59 Å². The van der Waals surface area contributed by atoms with E-state index in [4.69, 9.17) is 5.73 Å². The lowest BCUT2D eigenvalue weighted by Gasteiger charge is -2.01. The summed E-state index contributed by atoms with van der Waals surface area (Å²) in [6.45, 7) is 0. The number of nitrogens with one attached hydrogen (secondary N) is 1. The van der Waals surface area contributed by atoms with Gasteiger partial charge in [0.1, 0.15) is 5.56 Å². The summed E-state index contributed by atoms with van der Waals surface area (Å²) in [5, 5.41) is 0. The molecule has 0 aliphatic rings. The molecule has 0 radical (unpaired) electrons. The number of carbonyl (C=O) groups excluding carboxylic acids is 1. The van der Waals surface area contributed by atoms with E-state index in [1.807, 2.05) is 30.3 Å². The van der Waals surface area contributed by atoms with Gasteiger partial charge < -0.3 is 10.7 Å². The molecule has 1 amide bonds. The Bertz CT molecular complexity index is 573. The van der Waals surface area contributed by atoms with E-state index in [0.29, 0.717) is 5.69 Å². The predicted molar refractivity (Wildman–Crippen MR) is 61.0 cm³/mol. The van der Waals surface area contributed by atoms with Crippen LogP contribution in [0.1, 0.15) is 10.4 Å². The number of nitrogens with two attached hydrogens (primary N) is 1. The number of aromatic amines is 1. The lowest BCUT2D eigenvalue weighted by molar-refractivity contribution is 0.0999. The summed E-state index contributed by atoms with van der Waals surface area (Å²) in [7, 11) is 0. The van der Waals surface area contributed by atoms with Crippen LogP contribution in [0.2, 0.25) is 0 Å². The molecule has 1 aromatic heterocycles. The van der Waals surface area contributed by atoms with Gasteiger partial charge in [-0.3, -0.25) is 9.59 Å². The molecule has 0 aliphatic carbocycles.